The van der Waals surface area contributed by atoms with Crippen LogP contribution in [0.1, 0.15) is 23.9 Å². The van der Waals surface area contributed by atoms with Crippen molar-refractivity contribution < 1.29 is 18.4 Å². The smallest absolute Gasteiger partial charge is 0.277 e. The molecule has 1 unspecified atom stereocenters. The molecule has 126 valence electrons. The molecule has 0 N–H and O–H groups in total. The van der Waals surface area contributed by atoms with Crippen molar-refractivity contribution >= 4 is 11.8 Å². The van der Waals surface area contributed by atoms with E-state index >= 15 is 0 Å². The van der Waals surface area contributed by atoms with E-state index < -0.39 is 0 Å². The van der Waals surface area contributed by atoms with E-state index in [9.17, 15) is 0 Å². The van der Waals surface area contributed by atoms with Crippen LogP contribution < -0.4 is 9.47 Å². The Morgan fingerprint density at radius 2 is 2.00 bits per heavy atom. The van der Waals surface area contributed by atoms with Crippen LogP contribution in [0.15, 0.2) is 32.4 Å². The van der Waals surface area contributed by atoms with E-state index in [1.54, 1.807) is 33.3 Å². The Hall–Kier alpha value is -2.55. The Bertz CT molecular complexity index is 833. The summed E-state index contributed by atoms with van der Waals surface area (Å²) in [6.07, 6.45) is 0. The highest BCUT2D eigenvalue weighted by Crippen LogP contribution is 2.37. The van der Waals surface area contributed by atoms with Gasteiger partial charge in [0.1, 0.15) is 11.5 Å². The van der Waals surface area contributed by atoms with Gasteiger partial charge < -0.3 is 18.4 Å². The number of nitrogens with zero attached hydrogens (tertiary/aromatic N) is 4. The Morgan fingerprint density at radius 3 is 2.67 bits per heavy atom. The monoisotopic (exact) mass is 348 g/mol. The third-order valence-corrected chi connectivity index (χ3v) is 4.14. The molecule has 3 rings (SSSR count). The first-order valence-electron chi connectivity index (χ1n) is 7.13. The van der Waals surface area contributed by atoms with Gasteiger partial charge in [-0.3, -0.25) is 0 Å². The van der Waals surface area contributed by atoms with Crippen molar-refractivity contribution in [3.05, 3.63) is 29.9 Å². The average molecular weight is 348 g/mol. The van der Waals surface area contributed by atoms with Gasteiger partial charge in [0.25, 0.3) is 11.1 Å². The summed E-state index contributed by atoms with van der Waals surface area (Å²) in [6, 6.07) is 5.37. The normalized spacial score (nSPS) is 12.2. The molecule has 0 bridgehead atoms. The molecular formula is C15H16N4O4S. The van der Waals surface area contributed by atoms with E-state index in [0.717, 1.165) is 0 Å². The molecule has 8 nitrogen and oxygen atoms in total. The number of benzene rings is 1. The second-order valence-electron chi connectivity index (χ2n) is 4.88. The summed E-state index contributed by atoms with van der Waals surface area (Å²) >= 11 is 1.34. The molecular weight excluding hydrogens is 332 g/mol. The van der Waals surface area contributed by atoms with Crippen LogP contribution in [0.25, 0.3) is 11.5 Å². The predicted octanol–water partition coefficient (Wildman–Crippen LogP) is 3.30. The van der Waals surface area contributed by atoms with Crippen LogP contribution in [0, 0.1) is 6.92 Å². The van der Waals surface area contributed by atoms with Crippen LogP contribution in [0.3, 0.4) is 0 Å². The quantitative estimate of drug-likeness (QED) is 0.621. The van der Waals surface area contributed by atoms with Crippen molar-refractivity contribution in [1.29, 1.82) is 0 Å². The van der Waals surface area contributed by atoms with Gasteiger partial charge in [0, 0.05) is 6.07 Å². The van der Waals surface area contributed by atoms with Crippen molar-refractivity contribution in [2.24, 2.45) is 0 Å². The zero-order valence-corrected chi connectivity index (χ0v) is 14.5. The minimum absolute atomic E-state index is 0.0998. The number of hydrogen-bond donors (Lipinski definition) is 0. The van der Waals surface area contributed by atoms with Gasteiger partial charge in [0.15, 0.2) is 5.82 Å². The summed E-state index contributed by atoms with van der Waals surface area (Å²) < 4.78 is 21.4. The summed E-state index contributed by atoms with van der Waals surface area (Å²) in [5.74, 6) is 2.75. The lowest BCUT2D eigenvalue weighted by molar-refractivity contribution is 0.375. The van der Waals surface area contributed by atoms with E-state index in [4.69, 9.17) is 18.4 Å². The number of rotatable bonds is 6. The van der Waals surface area contributed by atoms with Crippen LogP contribution in [0.2, 0.25) is 0 Å². The zero-order valence-electron chi connectivity index (χ0n) is 13.6. The fourth-order valence-corrected chi connectivity index (χ4v) is 2.74. The lowest BCUT2D eigenvalue weighted by atomic mass is 10.2. The maximum Gasteiger partial charge on any atom is 0.277 e. The van der Waals surface area contributed by atoms with Gasteiger partial charge in [-0.15, -0.1) is 10.2 Å². The molecule has 0 saturated heterocycles. The molecule has 3 aromatic rings. The first-order chi connectivity index (χ1) is 11.6. The Labute approximate surface area is 142 Å². The highest BCUT2D eigenvalue weighted by atomic mass is 32.2. The molecule has 2 heterocycles. The molecule has 0 fully saturated rings. The molecule has 0 aliphatic rings. The van der Waals surface area contributed by atoms with Gasteiger partial charge in [0.05, 0.1) is 25.0 Å². The van der Waals surface area contributed by atoms with Crippen molar-refractivity contribution in [2.75, 3.05) is 14.2 Å². The van der Waals surface area contributed by atoms with Crippen molar-refractivity contribution in [1.82, 2.24) is 20.3 Å². The second-order valence-corrected chi connectivity index (χ2v) is 6.17. The number of hydrogen-bond acceptors (Lipinski definition) is 9. The van der Waals surface area contributed by atoms with E-state index in [1.807, 2.05) is 13.0 Å². The van der Waals surface area contributed by atoms with Crippen LogP contribution in [-0.2, 0) is 0 Å². The van der Waals surface area contributed by atoms with Gasteiger partial charge in [-0.2, -0.15) is 4.98 Å². The van der Waals surface area contributed by atoms with Crippen LogP contribution in [0.4, 0.5) is 0 Å². The number of methoxy groups -OCH3 is 2. The fourth-order valence-electron chi connectivity index (χ4n) is 2.02. The molecule has 0 saturated carbocycles. The van der Waals surface area contributed by atoms with Crippen LogP contribution in [0.5, 0.6) is 11.5 Å². The number of aromatic nitrogens is 4. The molecule has 0 aliphatic heterocycles. The Kier molecular flexibility index (Phi) is 4.70. The van der Waals surface area contributed by atoms with Crippen LogP contribution >= 0.6 is 11.8 Å². The van der Waals surface area contributed by atoms with Gasteiger partial charge >= 0.3 is 0 Å². The predicted molar refractivity (Wildman–Crippen MR) is 86.1 cm³/mol. The van der Waals surface area contributed by atoms with E-state index in [1.165, 1.54) is 11.8 Å². The van der Waals surface area contributed by atoms with Gasteiger partial charge in [-0.1, -0.05) is 16.9 Å². The average Bonchev–Trinajstić information content (AvgIpc) is 3.23. The summed E-state index contributed by atoms with van der Waals surface area (Å²) in [5.41, 5.74) is 0.693. The number of ether oxygens (including phenoxy) is 2. The molecule has 2 aromatic heterocycles. The molecule has 24 heavy (non-hydrogen) atoms. The molecule has 0 amide bonds. The van der Waals surface area contributed by atoms with Crippen molar-refractivity contribution in [3.63, 3.8) is 0 Å². The van der Waals surface area contributed by atoms with E-state index in [-0.39, 0.29) is 5.25 Å². The third-order valence-electron chi connectivity index (χ3n) is 3.21. The number of aryl methyl sites for hydroxylation is 1. The van der Waals surface area contributed by atoms with Crippen LogP contribution in [-0.4, -0.2) is 34.6 Å². The highest BCUT2D eigenvalue weighted by molar-refractivity contribution is 7.99. The maximum atomic E-state index is 5.71. The summed E-state index contributed by atoms with van der Waals surface area (Å²) in [6.45, 7) is 3.70. The molecule has 0 radical (unpaired) electrons. The van der Waals surface area contributed by atoms with E-state index in [0.29, 0.717) is 39.9 Å². The topological polar surface area (TPSA) is 96.3 Å². The Morgan fingerprint density at radius 1 is 1.17 bits per heavy atom. The molecule has 1 aromatic carbocycles. The molecule has 1 atom stereocenters. The number of thioether (sulfide) groups is 1. The van der Waals surface area contributed by atoms with E-state index in [2.05, 4.69) is 20.3 Å². The Balaban J connectivity index is 1.80. The molecule has 0 aliphatic carbocycles. The highest BCUT2D eigenvalue weighted by Gasteiger charge is 2.20. The van der Waals surface area contributed by atoms with Crippen molar-refractivity contribution in [2.45, 2.75) is 24.3 Å². The van der Waals surface area contributed by atoms with Gasteiger partial charge in [-0.05, 0) is 26.0 Å². The maximum absolute atomic E-state index is 5.71. The first-order valence-corrected chi connectivity index (χ1v) is 8.01. The van der Waals surface area contributed by atoms with Gasteiger partial charge in [-0.25, -0.2) is 0 Å². The summed E-state index contributed by atoms with van der Waals surface area (Å²) in [7, 11) is 3.17. The largest absolute Gasteiger partial charge is 0.497 e. The SMILES string of the molecule is COc1ccc(-c2nnc(SC(C)c3nc(C)no3)o2)c(OC)c1. The standard InChI is InChI=1S/C15H16N4O4S/c1-8(13-16-9(2)19-23-13)24-15-18-17-14(22-15)11-6-5-10(20-3)7-12(11)21-4/h5-8H,1-4H3. The lowest BCUT2D eigenvalue weighted by Gasteiger charge is -2.07. The van der Waals surface area contributed by atoms with Gasteiger partial charge in [0.2, 0.25) is 5.89 Å². The third kappa shape index (κ3) is 3.35. The zero-order chi connectivity index (χ0) is 17.1. The fraction of sp³-hybridized carbons (Fsp3) is 0.333. The summed E-state index contributed by atoms with van der Waals surface area (Å²) in [5, 5.41) is 12.2. The minimum atomic E-state index is -0.0998. The lowest BCUT2D eigenvalue weighted by Crippen LogP contribution is -1.90. The first kappa shape index (κ1) is 16.3. The molecule has 0 spiro atoms. The summed E-state index contributed by atoms with van der Waals surface area (Å²) in [4.78, 5) is 4.20. The molecule has 9 heteroatoms. The van der Waals surface area contributed by atoms with Crippen molar-refractivity contribution in [3.8, 4) is 23.0 Å². The second kappa shape index (κ2) is 6.91. The minimum Gasteiger partial charge on any atom is -0.497 e.